The maximum atomic E-state index is 13.2. The Bertz CT molecular complexity index is 1100. The molecule has 1 saturated heterocycles. The first-order chi connectivity index (χ1) is 15.8. The average molecular weight is 475 g/mol. The van der Waals surface area contributed by atoms with Crippen LogP contribution >= 0.6 is 11.3 Å². The second-order valence-corrected chi connectivity index (χ2v) is 9.40. The fourth-order valence-corrected chi connectivity index (χ4v) is 5.21. The molecule has 0 amide bonds. The summed E-state index contributed by atoms with van der Waals surface area (Å²) in [6.07, 6.45) is -5.09. The van der Waals surface area contributed by atoms with Crippen LogP contribution in [0.15, 0.2) is 54.6 Å². The molecule has 8 heteroatoms. The van der Waals surface area contributed by atoms with Gasteiger partial charge in [0.1, 0.15) is 30.2 Å². The molecule has 2 aromatic carbocycles. The van der Waals surface area contributed by atoms with Crippen LogP contribution in [0, 0.1) is 12.7 Å². The van der Waals surface area contributed by atoms with Gasteiger partial charge in [-0.3, -0.25) is 0 Å². The number of halogens is 1. The summed E-state index contributed by atoms with van der Waals surface area (Å²) in [6, 6.07) is 15.9. The lowest BCUT2D eigenvalue weighted by Gasteiger charge is -2.47. The lowest BCUT2D eigenvalue weighted by Crippen LogP contribution is -2.64. The van der Waals surface area contributed by atoms with E-state index in [1.54, 1.807) is 29.5 Å². The molecule has 1 aliphatic heterocycles. The molecule has 0 radical (unpaired) electrons. The zero-order valence-electron chi connectivity index (χ0n) is 18.3. The SMILES string of the molecule is COC1(c2ccc(C)c(Cc3ccc(-c4ccc(F)cc4)s3)c2)OC(CO)[C@@H](O)[C@H](O)[C@H]1O. The number of aliphatic hydroxyl groups excluding tert-OH is 4. The van der Waals surface area contributed by atoms with Gasteiger partial charge in [-0.2, -0.15) is 0 Å². The van der Waals surface area contributed by atoms with Gasteiger partial charge in [-0.1, -0.05) is 24.3 Å². The number of hydrogen-bond acceptors (Lipinski definition) is 7. The molecule has 6 nitrogen and oxygen atoms in total. The molecule has 1 aromatic heterocycles. The van der Waals surface area contributed by atoms with Gasteiger partial charge in [-0.25, -0.2) is 4.39 Å². The van der Waals surface area contributed by atoms with E-state index in [4.69, 9.17) is 9.47 Å². The normalized spacial score (nSPS) is 27.6. The minimum absolute atomic E-state index is 0.275. The first kappa shape index (κ1) is 24.0. The molecule has 1 aliphatic rings. The summed E-state index contributed by atoms with van der Waals surface area (Å²) < 4.78 is 24.6. The molecular formula is C25H27FO6S. The highest BCUT2D eigenvalue weighted by Crippen LogP contribution is 2.40. The van der Waals surface area contributed by atoms with Crippen molar-refractivity contribution in [2.45, 2.75) is 43.5 Å². The molecule has 0 bridgehead atoms. The van der Waals surface area contributed by atoms with E-state index < -0.39 is 36.8 Å². The summed E-state index contributed by atoms with van der Waals surface area (Å²) in [5.41, 5.74) is 3.40. The van der Waals surface area contributed by atoms with Crippen LogP contribution in [0.3, 0.4) is 0 Å². The number of methoxy groups -OCH3 is 1. The first-order valence-corrected chi connectivity index (χ1v) is 11.4. The standard InChI is InChI=1S/C25H27FO6S/c1-14-3-6-17(25(31-2)24(30)23(29)22(28)20(13-27)32-25)11-16(14)12-19-9-10-21(33-19)15-4-7-18(26)8-5-15/h3-11,20,22-24,27-30H,12-13H2,1-2H3/t20?,22-,23+,24-,25?/m1/s1. The largest absolute Gasteiger partial charge is 0.394 e. The van der Waals surface area contributed by atoms with Gasteiger partial charge in [0.2, 0.25) is 5.79 Å². The van der Waals surface area contributed by atoms with E-state index in [2.05, 4.69) is 0 Å². The van der Waals surface area contributed by atoms with Gasteiger partial charge in [-0.05, 0) is 53.9 Å². The minimum atomic E-state index is -1.75. The van der Waals surface area contributed by atoms with E-state index in [1.807, 2.05) is 31.2 Å². The van der Waals surface area contributed by atoms with Gasteiger partial charge in [0, 0.05) is 28.8 Å². The summed E-state index contributed by atoms with van der Waals surface area (Å²) in [7, 11) is 1.34. The van der Waals surface area contributed by atoms with Gasteiger partial charge in [0.05, 0.1) is 6.61 Å². The second-order valence-electron chi connectivity index (χ2n) is 8.23. The molecule has 4 N–H and O–H groups in total. The third-order valence-electron chi connectivity index (χ3n) is 6.16. The summed E-state index contributed by atoms with van der Waals surface area (Å²) >= 11 is 1.61. The first-order valence-electron chi connectivity index (χ1n) is 10.6. The molecule has 176 valence electrons. The van der Waals surface area contributed by atoms with Crippen LogP contribution in [-0.2, 0) is 21.7 Å². The molecule has 5 atom stereocenters. The minimum Gasteiger partial charge on any atom is -0.394 e. The summed E-state index contributed by atoms with van der Waals surface area (Å²) in [5, 5.41) is 40.8. The number of ether oxygens (including phenoxy) is 2. The van der Waals surface area contributed by atoms with Crippen LogP contribution in [0.25, 0.3) is 10.4 Å². The molecule has 3 aromatic rings. The zero-order chi connectivity index (χ0) is 23.8. The molecule has 4 rings (SSSR count). The molecule has 2 heterocycles. The summed E-state index contributed by atoms with van der Waals surface area (Å²) in [4.78, 5) is 2.12. The lowest BCUT2D eigenvalue weighted by atomic mass is 9.86. The fraction of sp³-hybridized carbons (Fsp3) is 0.360. The maximum absolute atomic E-state index is 13.2. The monoisotopic (exact) mass is 474 g/mol. The van der Waals surface area contributed by atoms with Crippen molar-refractivity contribution in [1.29, 1.82) is 0 Å². The van der Waals surface area contributed by atoms with Crippen molar-refractivity contribution in [2.24, 2.45) is 0 Å². The highest BCUT2D eigenvalue weighted by atomic mass is 32.1. The van der Waals surface area contributed by atoms with Gasteiger partial charge < -0.3 is 29.9 Å². The van der Waals surface area contributed by atoms with Gasteiger partial charge in [-0.15, -0.1) is 11.3 Å². The molecule has 33 heavy (non-hydrogen) atoms. The maximum Gasteiger partial charge on any atom is 0.224 e. The molecule has 0 spiro atoms. The Hall–Kier alpha value is -2.17. The number of hydrogen-bond donors (Lipinski definition) is 4. The van der Waals surface area contributed by atoms with Crippen LogP contribution in [0.2, 0.25) is 0 Å². The molecule has 2 unspecified atom stereocenters. The van der Waals surface area contributed by atoms with Crippen LogP contribution < -0.4 is 0 Å². The van der Waals surface area contributed by atoms with Gasteiger partial charge in [0.15, 0.2) is 0 Å². The lowest BCUT2D eigenvalue weighted by molar-refractivity contribution is -0.366. The number of thiophene rings is 1. The second kappa shape index (κ2) is 9.60. The summed E-state index contributed by atoms with van der Waals surface area (Å²) in [6.45, 7) is 1.43. The van der Waals surface area contributed by atoms with Crippen LogP contribution in [0.4, 0.5) is 4.39 Å². The number of rotatable bonds is 6. The zero-order valence-corrected chi connectivity index (χ0v) is 19.1. The molecule has 0 saturated carbocycles. The van der Waals surface area contributed by atoms with Crippen molar-refractivity contribution in [3.63, 3.8) is 0 Å². The Morgan fingerprint density at radius 2 is 1.76 bits per heavy atom. The fourth-order valence-electron chi connectivity index (χ4n) is 4.18. The quantitative estimate of drug-likeness (QED) is 0.439. The van der Waals surface area contributed by atoms with Crippen LogP contribution in [-0.4, -0.2) is 58.6 Å². The summed E-state index contributed by atoms with van der Waals surface area (Å²) in [5.74, 6) is -2.02. The Morgan fingerprint density at radius 1 is 1.03 bits per heavy atom. The predicted octanol–water partition coefficient (Wildman–Crippen LogP) is 2.73. The van der Waals surface area contributed by atoms with Crippen molar-refractivity contribution in [2.75, 3.05) is 13.7 Å². The third-order valence-corrected chi connectivity index (χ3v) is 7.29. The van der Waals surface area contributed by atoms with Crippen molar-refractivity contribution in [3.8, 4) is 10.4 Å². The Labute approximate surface area is 195 Å². The van der Waals surface area contributed by atoms with Gasteiger partial charge >= 0.3 is 0 Å². The van der Waals surface area contributed by atoms with Crippen molar-refractivity contribution >= 4 is 11.3 Å². The average Bonchev–Trinajstić information content (AvgIpc) is 3.29. The predicted molar refractivity (Wildman–Crippen MR) is 122 cm³/mol. The highest BCUT2D eigenvalue weighted by Gasteiger charge is 2.55. The van der Waals surface area contributed by atoms with Gasteiger partial charge in [0.25, 0.3) is 0 Å². The molecule has 0 aliphatic carbocycles. The van der Waals surface area contributed by atoms with Crippen LogP contribution in [0.1, 0.15) is 21.6 Å². The van der Waals surface area contributed by atoms with E-state index in [9.17, 15) is 24.8 Å². The molecular weight excluding hydrogens is 447 g/mol. The highest BCUT2D eigenvalue weighted by molar-refractivity contribution is 7.15. The van der Waals surface area contributed by atoms with E-state index in [0.717, 1.165) is 26.4 Å². The van der Waals surface area contributed by atoms with E-state index >= 15 is 0 Å². The molecule has 1 fully saturated rings. The van der Waals surface area contributed by atoms with E-state index in [-0.39, 0.29) is 5.82 Å². The smallest absolute Gasteiger partial charge is 0.224 e. The number of benzene rings is 2. The van der Waals surface area contributed by atoms with Crippen molar-refractivity contribution in [3.05, 3.63) is 82.0 Å². The third kappa shape index (κ3) is 4.48. The van der Waals surface area contributed by atoms with Crippen molar-refractivity contribution in [1.82, 2.24) is 0 Å². The van der Waals surface area contributed by atoms with E-state index in [0.29, 0.717) is 12.0 Å². The Kier molecular flexibility index (Phi) is 6.97. The number of aliphatic hydroxyl groups is 4. The topological polar surface area (TPSA) is 99.4 Å². The Morgan fingerprint density at radius 3 is 2.42 bits per heavy atom. The number of aryl methyl sites for hydroxylation is 1. The van der Waals surface area contributed by atoms with Crippen molar-refractivity contribution < 1.29 is 34.3 Å². The Balaban J connectivity index is 1.65. The van der Waals surface area contributed by atoms with E-state index in [1.165, 1.54) is 19.2 Å². The van der Waals surface area contributed by atoms with Crippen LogP contribution in [0.5, 0.6) is 0 Å².